The van der Waals surface area contributed by atoms with Crippen LogP contribution in [-0.2, 0) is 0 Å². The molecule has 0 atom stereocenters. The lowest BCUT2D eigenvalue weighted by Gasteiger charge is -2.20. The summed E-state index contributed by atoms with van der Waals surface area (Å²) in [5, 5.41) is 0. The number of thioether (sulfide) groups is 2. The molecule has 0 aromatic carbocycles. The molecule has 0 aromatic heterocycles. The Morgan fingerprint density at radius 2 is 1.11 bits per heavy atom. The van der Waals surface area contributed by atoms with E-state index in [-0.39, 0.29) is 0 Å². The largest absolute Gasteiger partial charge is 0.285 e. The lowest BCUT2D eigenvalue weighted by molar-refractivity contribution is 0.362. The van der Waals surface area contributed by atoms with E-state index in [0.29, 0.717) is 0 Å². The van der Waals surface area contributed by atoms with Crippen LogP contribution in [-0.4, -0.2) is 34.7 Å². The fourth-order valence-electron chi connectivity index (χ4n) is 2.08. The smallest absolute Gasteiger partial charge is 0.0452 e. The molecular weight excluding hydrogens is 270 g/mol. The van der Waals surface area contributed by atoms with Gasteiger partial charge in [-0.15, -0.1) is 23.5 Å². The number of nitrogens with zero attached hydrogens (tertiary/aromatic N) is 1. The zero-order chi connectivity index (χ0) is 14.2. The third kappa shape index (κ3) is 14.9. The summed E-state index contributed by atoms with van der Waals surface area (Å²) < 4.78 is 0. The molecule has 0 unspecified atom stereocenters. The maximum atomic E-state index is 2.62. The molecular formula is C16H35NS2. The molecule has 0 rings (SSSR count). The lowest BCUT2D eigenvalue weighted by atomic mass is 10.1. The number of unbranched alkanes of at least 4 members (excludes halogenated alkanes) is 7. The normalized spacial score (nSPS) is 11.4. The van der Waals surface area contributed by atoms with Gasteiger partial charge in [0.1, 0.15) is 0 Å². The van der Waals surface area contributed by atoms with Gasteiger partial charge >= 0.3 is 0 Å². The molecule has 0 aromatic rings. The van der Waals surface area contributed by atoms with Gasteiger partial charge in [-0.05, 0) is 24.5 Å². The van der Waals surface area contributed by atoms with Crippen LogP contribution in [0.5, 0.6) is 0 Å². The van der Waals surface area contributed by atoms with Crippen molar-refractivity contribution >= 4 is 23.5 Å². The fourth-order valence-corrected chi connectivity index (χ4v) is 3.51. The Bertz CT molecular complexity index is 157. The second-order valence-corrected chi connectivity index (χ2v) is 7.60. The van der Waals surface area contributed by atoms with Gasteiger partial charge in [-0.1, -0.05) is 65.7 Å². The van der Waals surface area contributed by atoms with Crippen molar-refractivity contribution in [1.29, 1.82) is 0 Å². The molecule has 0 saturated heterocycles. The van der Waals surface area contributed by atoms with E-state index in [1.807, 2.05) is 0 Å². The van der Waals surface area contributed by atoms with Crippen LogP contribution < -0.4 is 0 Å². The van der Waals surface area contributed by atoms with E-state index in [9.17, 15) is 0 Å². The minimum Gasteiger partial charge on any atom is -0.285 e. The third-order valence-corrected chi connectivity index (χ3v) is 5.20. The van der Waals surface area contributed by atoms with Gasteiger partial charge in [0.05, 0.1) is 0 Å². The fraction of sp³-hybridized carbons (Fsp3) is 1.00. The Morgan fingerprint density at radius 3 is 1.58 bits per heavy atom. The quantitative estimate of drug-likeness (QED) is 0.276. The molecule has 0 N–H and O–H groups in total. The van der Waals surface area contributed by atoms with Crippen molar-refractivity contribution in [2.75, 3.05) is 29.8 Å². The van der Waals surface area contributed by atoms with Crippen LogP contribution in [0.15, 0.2) is 0 Å². The summed E-state index contributed by atoms with van der Waals surface area (Å²) in [6.45, 7) is 8.10. The van der Waals surface area contributed by atoms with Gasteiger partial charge in [0.2, 0.25) is 0 Å². The SMILES string of the molecule is CCCCCCCCCCN(CSCC)CSCC. The van der Waals surface area contributed by atoms with Crippen LogP contribution in [0, 0.1) is 0 Å². The second kappa shape index (κ2) is 16.7. The maximum absolute atomic E-state index is 2.62. The molecule has 0 radical (unpaired) electrons. The summed E-state index contributed by atoms with van der Waals surface area (Å²) in [5.74, 6) is 4.93. The van der Waals surface area contributed by atoms with Crippen LogP contribution in [0.2, 0.25) is 0 Å². The van der Waals surface area contributed by atoms with E-state index in [0.717, 1.165) is 0 Å². The van der Waals surface area contributed by atoms with Gasteiger partial charge in [0.25, 0.3) is 0 Å². The molecule has 1 nitrogen and oxygen atoms in total. The van der Waals surface area contributed by atoms with Crippen molar-refractivity contribution in [3.8, 4) is 0 Å². The minimum absolute atomic E-state index is 1.22. The van der Waals surface area contributed by atoms with Gasteiger partial charge in [-0.25, -0.2) is 0 Å². The average molecular weight is 306 g/mol. The second-order valence-electron chi connectivity index (χ2n) is 5.11. The molecule has 0 fully saturated rings. The van der Waals surface area contributed by atoms with Crippen LogP contribution in [0.25, 0.3) is 0 Å². The molecule has 0 aliphatic rings. The van der Waals surface area contributed by atoms with Crippen molar-refractivity contribution in [1.82, 2.24) is 4.90 Å². The first-order valence-electron chi connectivity index (χ1n) is 8.22. The molecule has 0 heterocycles. The Hall–Kier alpha value is 0.660. The number of rotatable bonds is 15. The van der Waals surface area contributed by atoms with Crippen molar-refractivity contribution in [2.24, 2.45) is 0 Å². The van der Waals surface area contributed by atoms with Gasteiger partial charge in [0.15, 0.2) is 0 Å². The van der Waals surface area contributed by atoms with Crippen molar-refractivity contribution in [3.05, 3.63) is 0 Å². The average Bonchev–Trinajstić information content (AvgIpc) is 2.43. The zero-order valence-corrected chi connectivity index (χ0v) is 15.1. The van der Waals surface area contributed by atoms with E-state index >= 15 is 0 Å². The van der Waals surface area contributed by atoms with Gasteiger partial charge < -0.3 is 0 Å². The Kier molecular flexibility index (Phi) is 17.3. The maximum Gasteiger partial charge on any atom is 0.0452 e. The first kappa shape index (κ1) is 19.7. The molecule has 19 heavy (non-hydrogen) atoms. The standard InChI is InChI=1S/C16H35NS2/c1-4-7-8-9-10-11-12-13-14-17(15-18-5-2)16-19-6-3/h4-16H2,1-3H3. The van der Waals surface area contributed by atoms with E-state index in [2.05, 4.69) is 49.2 Å². The monoisotopic (exact) mass is 305 g/mol. The van der Waals surface area contributed by atoms with Crippen molar-refractivity contribution < 1.29 is 0 Å². The molecule has 116 valence electrons. The first-order valence-corrected chi connectivity index (χ1v) is 10.5. The summed E-state index contributed by atoms with van der Waals surface area (Å²) in [5.41, 5.74) is 0. The summed E-state index contributed by atoms with van der Waals surface area (Å²) >= 11 is 4.11. The van der Waals surface area contributed by atoms with Crippen LogP contribution in [0.4, 0.5) is 0 Å². The van der Waals surface area contributed by atoms with Crippen LogP contribution >= 0.6 is 23.5 Å². The van der Waals surface area contributed by atoms with Crippen molar-refractivity contribution in [2.45, 2.75) is 72.1 Å². The van der Waals surface area contributed by atoms with E-state index in [1.165, 1.54) is 81.2 Å². The van der Waals surface area contributed by atoms with E-state index in [1.54, 1.807) is 0 Å². The molecule has 0 spiro atoms. The summed E-state index contributed by atoms with van der Waals surface area (Å²) in [4.78, 5) is 2.62. The highest BCUT2D eigenvalue weighted by molar-refractivity contribution is 7.99. The van der Waals surface area contributed by atoms with Crippen molar-refractivity contribution in [3.63, 3.8) is 0 Å². The molecule has 0 aliphatic heterocycles. The summed E-state index contributed by atoms with van der Waals surface area (Å²) in [6, 6.07) is 0. The highest BCUT2D eigenvalue weighted by atomic mass is 32.2. The molecule has 0 amide bonds. The predicted molar refractivity (Wildman–Crippen MR) is 95.3 cm³/mol. The first-order chi connectivity index (χ1) is 9.35. The highest BCUT2D eigenvalue weighted by Crippen LogP contribution is 2.12. The third-order valence-electron chi connectivity index (χ3n) is 3.28. The highest BCUT2D eigenvalue weighted by Gasteiger charge is 2.03. The molecule has 0 bridgehead atoms. The van der Waals surface area contributed by atoms with Crippen LogP contribution in [0.1, 0.15) is 72.1 Å². The Morgan fingerprint density at radius 1 is 0.632 bits per heavy atom. The minimum atomic E-state index is 1.22. The molecule has 0 saturated carbocycles. The predicted octanol–water partition coefficient (Wildman–Crippen LogP) is 5.85. The van der Waals surface area contributed by atoms with E-state index in [4.69, 9.17) is 0 Å². The molecule has 0 aliphatic carbocycles. The number of hydrogen-bond donors (Lipinski definition) is 0. The summed E-state index contributed by atoms with van der Waals surface area (Å²) in [6.07, 6.45) is 11.4. The number of hydrogen-bond acceptors (Lipinski definition) is 3. The zero-order valence-electron chi connectivity index (χ0n) is 13.5. The summed E-state index contributed by atoms with van der Waals surface area (Å²) in [7, 11) is 0. The van der Waals surface area contributed by atoms with E-state index < -0.39 is 0 Å². The Balaban J connectivity index is 3.40. The van der Waals surface area contributed by atoms with Gasteiger partial charge in [-0.3, -0.25) is 4.90 Å². The van der Waals surface area contributed by atoms with Crippen LogP contribution in [0.3, 0.4) is 0 Å². The Labute approximate surface area is 130 Å². The van der Waals surface area contributed by atoms with Gasteiger partial charge in [-0.2, -0.15) is 0 Å². The van der Waals surface area contributed by atoms with Gasteiger partial charge in [0, 0.05) is 11.8 Å². The topological polar surface area (TPSA) is 3.24 Å². The molecule has 3 heteroatoms. The lowest BCUT2D eigenvalue weighted by Crippen LogP contribution is -2.24.